The quantitative estimate of drug-likeness (QED) is 0.273. The lowest BCUT2D eigenvalue weighted by molar-refractivity contribution is 0.590. The summed E-state index contributed by atoms with van der Waals surface area (Å²) in [7, 11) is 0. The summed E-state index contributed by atoms with van der Waals surface area (Å²) in [5, 5.41) is 2.74. The first-order valence-corrected chi connectivity index (χ1v) is 10.7. The molecule has 4 rings (SSSR count). The van der Waals surface area contributed by atoms with Gasteiger partial charge >= 0.3 is 0 Å². The molecule has 0 aliphatic carbocycles. The Morgan fingerprint density at radius 3 is 2.00 bits per heavy atom. The number of fused-ring (bicyclic) bond motifs is 1. The molecule has 0 saturated carbocycles. The van der Waals surface area contributed by atoms with Crippen molar-refractivity contribution in [3.8, 4) is 22.3 Å². The predicted molar refractivity (Wildman–Crippen MR) is 123 cm³/mol. The third kappa shape index (κ3) is 4.39. The molecule has 0 amide bonds. The summed E-state index contributed by atoms with van der Waals surface area (Å²) in [5.74, 6) is -1.17. The van der Waals surface area contributed by atoms with Gasteiger partial charge in [-0.25, -0.2) is 8.78 Å². The minimum atomic E-state index is -0.585. The van der Waals surface area contributed by atoms with E-state index in [-0.39, 0.29) is 5.56 Å². The molecule has 0 aliphatic heterocycles. The molecule has 0 heterocycles. The van der Waals surface area contributed by atoms with Crippen LogP contribution in [0.15, 0.2) is 72.8 Å². The molecule has 152 valence electrons. The van der Waals surface area contributed by atoms with Crippen LogP contribution in [-0.4, -0.2) is 0 Å². The van der Waals surface area contributed by atoms with Crippen molar-refractivity contribution in [2.45, 2.75) is 32.6 Å². The summed E-state index contributed by atoms with van der Waals surface area (Å²) in [6, 6.07) is 21.7. The normalized spacial score (nSPS) is 11.2. The second-order valence-electron chi connectivity index (χ2n) is 7.68. The molecule has 0 radical (unpaired) electrons. The van der Waals surface area contributed by atoms with Crippen LogP contribution in [-0.2, 0) is 6.42 Å². The summed E-state index contributed by atoms with van der Waals surface area (Å²) in [4.78, 5) is 0. The van der Waals surface area contributed by atoms with Crippen molar-refractivity contribution in [1.82, 2.24) is 0 Å². The van der Waals surface area contributed by atoms with Crippen LogP contribution in [0.25, 0.3) is 33.0 Å². The van der Waals surface area contributed by atoms with E-state index in [4.69, 9.17) is 11.6 Å². The van der Waals surface area contributed by atoms with E-state index in [0.717, 1.165) is 22.8 Å². The maximum atomic E-state index is 14.8. The van der Waals surface area contributed by atoms with Crippen LogP contribution in [0, 0.1) is 11.6 Å². The Balaban J connectivity index is 1.66. The Bertz CT molecular complexity index is 1160. The van der Waals surface area contributed by atoms with E-state index in [1.165, 1.54) is 37.0 Å². The molecule has 0 atom stereocenters. The first-order chi connectivity index (χ1) is 14.5. The Morgan fingerprint density at radius 2 is 1.30 bits per heavy atom. The number of aryl methyl sites for hydroxylation is 1. The molecule has 0 saturated heterocycles. The predicted octanol–water partition coefficient (Wildman–Crippen LogP) is 8.84. The van der Waals surface area contributed by atoms with E-state index in [1.807, 2.05) is 18.2 Å². The van der Waals surface area contributed by atoms with Gasteiger partial charge in [0.25, 0.3) is 0 Å². The Morgan fingerprint density at radius 1 is 0.667 bits per heavy atom. The van der Waals surface area contributed by atoms with Gasteiger partial charge in [0.05, 0.1) is 5.56 Å². The zero-order valence-corrected chi connectivity index (χ0v) is 17.6. The molecule has 4 aromatic rings. The van der Waals surface area contributed by atoms with Gasteiger partial charge in [0, 0.05) is 5.02 Å². The smallest absolute Gasteiger partial charge is 0.134 e. The van der Waals surface area contributed by atoms with Crippen molar-refractivity contribution in [2.24, 2.45) is 0 Å². The van der Waals surface area contributed by atoms with Gasteiger partial charge in [-0.2, -0.15) is 0 Å². The van der Waals surface area contributed by atoms with E-state index >= 15 is 0 Å². The lowest BCUT2D eigenvalue weighted by Gasteiger charge is -2.10. The number of unbranched alkanes of at least 4 members (excludes halogenated alkanes) is 2. The lowest BCUT2D eigenvalue weighted by atomic mass is 9.96. The Hall–Kier alpha value is -2.71. The molecule has 0 aliphatic rings. The Labute approximate surface area is 181 Å². The summed E-state index contributed by atoms with van der Waals surface area (Å²) >= 11 is 5.89. The summed E-state index contributed by atoms with van der Waals surface area (Å²) < 4.78 is 29.6. The molecule has 0 spiro atoms. The van der Waals surface area contributed by atoms with E-state index in [0.29, 0.717) is 16.1 Å². The average Bonchev–Trinajstić information content (AvgIpc) is 2.74. The highest BCUT2D eigenvalue weighted by molar-refractivity contribution is 6.30. The number of rotatable bonds is 6. The van der Waals surface area contributed by atoms with Gasteiger partial charge in [0.1, 0.15) is 11.6 Å². The third-order valence-electron chi connectivity index (χ3n) is 5.48. The van der Waals surface area contributed by atoms with Crippen LogP contribution < -0.4 is 0 Å². The van der Waals surface area contributed by atoms with Gasteiger partial charge in [-0.3, -0.25) is 0 Å². The highest BCUT2D eigenvalue weighted by Crippen LogP contribution is 2.33. The first-order valence-electron chi connectivity index (χ1n) is 10.3. The summed E-state index contributed by atoms with van der Waals surface area (Å²) in [6.07, 6.45) is 4.72. The van der Waals surface area contributed by atoms with Crippen molar-refractivity contribution >= 4 is 22.4 Å². The molecule has 3 heteroatoms. The van der Waals surface area contributed by atoms with Crippen LogP contribution in [0.1, 0.15) is 31.7 Å². The maximum Gasteiger partial charge on any atom is 0.134 e. The van der Waals surface area contributed by atoms with Crippen molar-refractivity contribution in [3.05, 3.63) is 95.0 Å². The minimum Gasteiger partial charge on any atom is -0.206 e. The van der Waals surface area contributed by atoms with Gasteiger partial charge in [0.15, 0.2) is 0 Å². The molecule has 4 aromatic carbocycles. The lowest BCUT2D eigenvalue weighted by Crippen LogP contribution is -1.92. The minimum absolute atomic E-state index is 0.0343. The van der Waals surface area contributed by atoms with E-state index in [2.05, 4.69) is 25.1 Å². The molecule has 0 N–H and O–H groups in total. The fourth-order valence-electron chi connectivity index (χ4n) is 3.84. The highest BCUT2D eigenvalue weighted by Gasteiger charge is 2.14. The topological polar surface area (TPSA) is 0 Å². The van der Waals surface area contributed by atoms with Crippen LogP contribution in [0.3, 0.4) is 0 Å². The zero-order chi connectivity index (χ0) is 21.1. The monoisotopic (exact) mass is 420 g/mol. The van der Waals surface area contributed by atoms with Gasteiger partial charge in [-0.05, 0) is 76.2 Å². The zero-order valence-electron chi connectivity index (χ0n) is 16.9. The fourth-order valence-corrected chi connectivity index (χ4v) is 3.97. The fraction of sp³-hybridized carbons (Fsp3) is 0.185. The summed E-state index contributed by atoms with van der Waals surface area (Å²) in [6.45, 7) is 2.20. The molecule has 0 nitrogen and oxygen atoms in total. The molecular weight excluding hydrogens is 398 g/mol. The largest absolute Gasteiger partial charge is 0.206 e. The molecule has 0 bridgehead atoms. The number of hydrogen-bond acceptors (Lipinski definition) is 0. The standard InChI is InChI=1S/C27H23ClF2/c1-2-3-4-5-18-6-7-21-15-22(9-8-20(21)14-18)23-16-25(29)27(26(30)17-23)19-10-12-24(28)13-11-19/h6-17H,2-5H2,1H3. The van der Waals surface area contributed by atoms with E-state index in [1.54, 1.807) is 24.3 Å². The first kappa shape index (κ1) is 20.6. The third-order valence-corrected chi connectivity index (χ3v) is 5.73. The van der Waals surface area contributed by atoms with Crippen LogP contribution in [0.4, 0.5) is 8.78 Å². The highest BCUT2D eigenvalue weighted by atomic mass is 35.5. The van der Waals surface area contributed by atoms with Crippen molar-refractivity contribution in [3.63, 3.8) is 0 Å². The molecular formula is C27H23ClF2. The van der Waals surface area contributed by atoms with Crippen molar-refractivity contribution < 1.29 is 8.78 Å². The van der Waals surface area contributed by atoms with Gasteiger partial charge < -0.3 is 0 Å². The van der Waals surface area contributed by atoms with Crippen LogP contribution in [0.2, 0.25) is 5.02 Å². The SMILES string of the molecule is CCCCCc1ccc2cc(-c3cc(F)c(-c4ccc(Cl)cc4)c(F)c3)ccc2c1. The second-order valence-corrected chi connectivity index (χ2v) is 8.11. The second kappa shape index (κ2) is 8.97. The Kier molecular flexibility index (Phi) is 6.15. The van der Waals surface area contributed by atoms with Gasteiger partial charge in [0.2, 0.25) is 0 Å². The van der Waals surface area contributed by atoms with E-state index in [9.17, 15) is 8.78 Å². The molecule has 0 fully saturated rings. The van der Waals surface area contributed by atoms with E-state index < -0.39 is 11.6 Å². The maximum absolute atomic E-state index is 14.8. The van der Waals surface area contributed by atoms with Crippen molar-refractivity contribution in [2.75, 3.05) is 0 Å². The molecule has 0 unspecified atom stereocenters. The summed E-state index contributed by atoms with van der Waals surface area (Å²) in [5.41, 5.74) is 3.08. The van der Waals surface area contributed by atoms with Crippen LogP contribution in [0.5, 0.6) is 0 Å². The van der Waals surface area contributed by atoms with Gasteiger partial charge in [-0.15, -0.1) is 0 Å². The molecule has 0 aromatic heterocycles. The average molecular weight is 421 g/mol. The number of benzene rings is 4. The van der Waals surface area contributed by atoms with Crippen LogP contribution >= 0.6 is 11.6 Å². The number of hydrogen-bond donors (Lipinski definition) is 0. The number of halogens is 3. The van der Waals surface area contributed by atoms with Gasteiger partial charge in [-0.1, -0.05) is 73.8 Å². The van der Waals surface area contributed by atoms with Crippen molar-refractivity contribution in [1.29, 1.82) is 0 Å². The molecule has 30 heavy (non-hydrogen) atoms.